The molecule has 4 N–H and O–H groups in total. The molecule has 0 saturated heterocycles. The van der Waals surface area contributed by atoms with Gasteiger partial charge in [0.25, 0.3) is 0 Å². The first-order chi connectivity index (χ1) is 8.02. The maximum Gasteiger partial charge on any atom is 0.326 e. The lowest BCUT2D eigenvalue weighted by atomic mass is 10.0. The zero-order valence-electron chi connectivity index (χ0n) is 10.4. The SMILES string of the molecule is CSCC[C@H](NC(=O)C(C)CCCN)C(=O)O. The molecule has 0 spiro atoms. The number of hydrogen-bond donors (Lipinski definition) is 3. The average Bonchev–Trinajstić information content (AvgIpc) is 2.30. The molecule has 100 valence electrons. The molecule has 17 heavy (non-hydrogen) atoms. The fourth-order valence-corrected chi connectivity index (χ4v) is 1.83. The molecule has 1 unspecified atom stereocenters. The van der Waals surface area contributed by atoms with E-state index in [0.717, 1.165) is 6.42 Å². The molecule has 0 aliphatic heterocycles. The number of carbonyl (C=O) groups is 2. The Hall–Kier alpha value is -0.750. The van der Waals surface area contributed by atoms with Crippen LogP contribution in [0.5, 0.6) is 0 Å². The van der Waals surface area contributed by atoms with Gasteiger partial charge >= 0.3 is 5.97 Å². The summed E-state index contributed by atoms with van der Waals surface area (Å²) in [5.74, 6) is -0.644. The number of carboxylic acid groups (broad SMARTS) is 1. The fourth-order valence-electron chi connectivity index (χ4n) is 1.36. The Labute approximate surface area is 107 Å². The minimum absolute atomic E-state index is 0.185. The normalized spacial score (nSPS) is 14.1. The van der Waals surface area contributed by atoms with E-state index in [2.05, 4.69) is 5.32 Å². The minimum Gasteiger partial charge on any atom is -0.480 e. The van der Waals surface area contributed by atoms with Crippen LogP contribution >= 0.6 is 11.8 Å². The van der Waals surface area contributed by atoms with Gasteiger partial charge in [0.05, 0.1) is 0 Å². The van der Waals surface area contributed by atoms with Gasteiger partial charge in [0.2, 0.25) is 5.91 Å². The third-order valence-electron chi connectivity index (χ3n) is 2.51. The number of hydrogen-bond acceptors (Lipinski definition) is 4. The van der Waals surface area contributed by atoms with Crippen LogP contribution in [0.15, 0.2) is 0 Å². The molecule has 0 rings (SSSR count). The molecule has 0 aliphatic rings. The molecule has 2 atom stereocenters. The van der Waals surface area contributed by atoms with E-state index in [-0.39, 0.29) is 11.8 Å². The van der Waals surface area contributed by atoms with E-state index >= 15 is 0 Å². The van der Waals surface area contributed by atoms with Crippen molar-refractivity contribution in [2.45, 2.75) is 32.2 Å². The number of rotatable bonds is 9. The largest absolute Gasteiger partial charge is 0.480 e. The van der Waals surface area contributed by atoms with Gasteiger partial charge in [-0.25, -0.2) is 4.79 Å². The van der Waals surface area contributed by atoms with Crippen molar-refractivity contribution in [2.24, 2.45) is 11.7 Å². The van der Waals surface area contributed by atoms with Crippen LogP contribution in [0.3, 0.4) is 0 Å². The smallest absolute Gasteiger partial charge is 0.326 e. The van der Waals surface area contributed by atoms with Crippen LogP contribution < -0.4 is 11.1 Å². The van der Waals surface area contributed by atoms with Crippen molar-refractivity contribution < 1.29 is 14.7 Å². The third kappa shape index (κ3) is 7.23. The lowest BCUT2D eigenvalue weighted by Gasteiger charge is -2.17. The predicted octanol–water partition coefficient (Wildman–Crippen LogP) is 0.684. The first-order valence-corrected chi connectivity index (χ1v) is 7.14. The second kappa shape index (κ2) is 9.30. The second-order valence-corrected chi connectivity index (χ2v) is 5.00. The van der Waals surface area contributed by atoms with Crippen molar-refractivity contribution in [2.75, 3.05) is 18.6 Å². The molecule has 0 aliphatic carbocycles. The highest BCUT2D eigenvalue weighted by molar-refractivity contribution is 7.98. The van der Waals surface area contributed by atoms with E-state index < -0.39 is 12.0 Å². The Kier molecular flexibility index (Phi) is 8.89. The number of aliphatic carboxylic acids is 1. The van der Waals surface area contributed by atoms with Crippen LogP contribution in [-0.4, -0.2) is 41.6 Å². The van der Waals surface area contributed by atoms with Gasteiger partial charge in [-0.1, -0.05) is 6.92 Å². The summed E-state index contributed by atoms with van der Waals surface area (Å²) in [7, 11) is 0. The average molecular weight is 262 g/mol. The Morgan fingerprint density at radius 3 is 2.53 bits per heavy atom. The van der Waals surface area contributed by atoms with E-state index in [1.165, 1.54) is 0 Å². The van der Waals surface area contributed by atoms with E-state index in [4.69, 9.17) is 10.8 Å². The standard InChI is InChI=1S/C11H22N2O3S/c1-8(4-3-6-12)10(14)13-9(11(15)16)5-7-17-2/h8-9H,3-7,12H2,1-2H3,(H,13,14)(H,15,16)/t8?,9-/m0/s1. The number of carboxylic acids is 1. The molecule has 0 aromatic rings. The maximum atomic E-state index is 11.7. The predicted molar refractivity (Wildman–Crippen MR) is 70.0 cm³/mol. The van der Waals surface area contributed by atoms with Gasteiger partial charge in [0, 0.05) is 5.92 Å². The Balaban J connectivity index is 4.15. The molecule has 5 nitrogen and oxygen atoms in total. The number of carbonyl (C=O) groups excluding carboxylic acids is 1. The third-order valence-corrected chi connectivity index (χ3v) is 3.16. The summed E-state index contributed by atoms with van der Waals surface area (Å²) >= 11 is 1.57. The topological polar surface area (TPSA) is 92.4 Å². The number of amides is 1. The molecular formula is C11H22N2O3S. The van der Waals surface area contributed by atoms with Crippen molar-refractivity contribution >= 4 is 23.6 Å². The molecule has 0 fully saturated rings. The van der Waals surface area contributed by atoms with Gasteiger partial charge in [0.15, 0.2) is 0 Å². The van der Waals surface area contributed by atoms with E-state index in [1.807, 2.05) is 6.26 Å². The summed E-state index contributed by atoms with van der Waals surface area (Å²) in [5.41, 5.74) is 5.36. The van der Waals surface area contributed by atoms with Gasteiger partial charge in [-0.15, -0.1) is 0 Å². The van der Waals surface area contributed by atoms with Crippen molar-refractivity contribution in [3.05, 3.63) is 0 Å². The number of nitrogens with two attached hydrogens (primary N) is 1. The highest BCUT2D eigenvalue weighted by Crippen LogP contribution is 2.07. The highest BCUT2D eigenvalue weighted by Gasteiger charge is 2.22. The van der Waals surface area contributed by atoms with Crippen LogP contribution in [0.4, 0.5) is 0 Å². The molecule has 0 heterocycles. The quantitative estimate of drug-likeness (QED) is 0.568. The van der Waals surface area contributed by atoms with Gasteiger partial charge in [-0.2, -0.15) is 11.8 Å². The Bertz CT molecular complexity index is 249. The van der Waals surface area contributed by atoms with Crippen LogP contribution in [-0.2, 0) is 9.59 Å². The molecule has 0 aromatic heterocycles. The van der Waals surface area contributed by atoms with E-state index in [9.17, 15) is 9.59 Å². The summed E-state index contributed by atoms with van der Waals surface area (Å²) in [5, 5.41) is 11.5. The summed E-state index contributed by atoms with van der Waals surface area (Å²) in [6.07, 6.45) is 3.82. The molecule has 0 aromatic carbocycles. The summed E-state index contributed by atoms with van der Waals surface area (Å²) < 4.78 is 0. The number of thioether (sulfide) groups is 1. The maximum absolute atomic E-state index is 11.7. The lowest BCUT2D eigenvalue weighted by molar-refractivity contribution is -0.142. The molecule has 0 radical (unpaired) electrons. The van der Waals surface area contributed by atoms with Crippen molar-refractivity contribution in [3.8, 4) is 0 Å². The van der Waals surface area contributed by atoms with Crippen LogP contribution in [0.1, 0.15) is 26.2 Å². The van der Waals surface area contributed by atoms with Gasteiger partial charge in [0.1, 0.15) is 6.04 Å². The van der Waals surface area contributed by atoms with Crippen LogP contribution in [0.2, 0.25) is 0 Å². The minimum atomic E-state index is -0.974. The van der Waals surface area contributed by atoms with E-state index in [1.54, 1.807) is 18.7 Å². The summed E-state index contributed by atoms with van der Waals surface area (Å²) in [6.45, 7) is 2.34. The number of nitrogens with one attached hydrogen (secondary N) is 1. The lowest BCUT2D eigenvalue weighted by Crippen LogP contribution is -2.43. The zero-order valence-corrected chi connectivity index (χ0v) is 11.3. The molecule has 0 bridgehead atoms. The Morgan fingerprint density at radius 1 is 1.41 bits per heavy atom. The van der Waals surface area contributed by atoms with Crippen molar-refractivity contribution in [3.63, 3.8) is 0 Å². The second-order valence-electron chi connectivity index (χ2n) is 4.01. The monoisotopic (exact) mass is 262 g/mol. The van der Waals surface area contributed by atoms with Crippen LogP contribution in [0.25, 0.3) is 0 Å². The zero-order chi connectivity index (χ0) is 13.3. The summed E-state index contributed by atoms with van der Waals surface area (Å²) in [6, 6.07) is -0.782. The molecule has 6 heteroatoms. The van der Waals surface area contributed by atoms with E-state index in [0.29, 0.717) is 25.1 Å². The highest BCUT2D eigenvalue weighted by atomic mass is 32.2. The first kappa shape index (κ1) is 16.2. The first-order valence-electron chi connectivity index (χ1n) is 5.75. The Morgan fingerprint density at radius 2 is 2.06 bits per heavy atom. The molecule has 1 amide bonds. The van der Waals surface area contributed by atoms with Gasteiger partial charge in [-0.05, 0) is 37.8 Å². The summed E-state index contributed by atoms with van der Waals surface area (Å²) in [4.78, 5) is 22.6. The fraction of sp³-hybridized carbons (Fsp3) is 0.818. The van der Waals surface area contributed by atoms with Crippen molar-refractivity contribution in [1.29, 1.82) is 0 Å². The van der Waals surface area contributed by atoms with Gasteiger partial charge < -0.3 is 16.2 Å². The molecule has 0 saturated carbocycles. The van der Waals surface area contributed by atoms with Gasteiger partial charge in [-0.3, -0.25) is 4.79 Å². The van der Waals surface area contributed by atoms with Crippen molar-refractivity contribution in [1.82, 2.24) is 5.32 Å². The van der Waals surface area contributed by atoms with Crippen LogP contribution in [0, 0.1) is 5.92 Å². The molecular weight excluding hydrogens is 240 g/mol.